The molecule has 1 saturated heterocycles. The molecule has 1 aliphatic heterocycles. The third-order valence-electron chi connectivity index (χ3n) is 4.87. The second-order valence-corrected chi connectivity index (χ2v) is 10.0. The Morgan fingerprint density at radius 1 is 1.03 bits per heavy atom. The molecular formula is C22H20IN3O4S. The molecule has 0 bridgehead atoms. The number of carbonyl (C=O) groups is 1. The Morgan fingerprint density at radius 3 is 2.58 bits per heavy atom. The van der Waals surface area contributed by atoms with Crippen LogP contribution in [0.4, 0.5) is 5.69 Å². The van der Waals surface area contributed by atoms with Gasteiger partial charge in [-0.15, -0.1) is 0 Å². The summed E-state index contributed by atoms with van der Waals surface area (Å²) >= 11 is 2.23. The number of amides is 1. The summed E-state index contributed by atoms with van der Waals surface area (Å²) in [6.45, 7) is 1.34. The summed E-state index contributed by atoms with van der Waals surface area (Å²) in [6, 6.07) is 17.3. The number of pyridine rings is 1. The number of ether oxygens (including phenoxy) is 1. The van der Waals surface area contributed by atoms with Crippen molar-refractivity contribution < 1.29 is 17.9 Å². The fourth-order valence-electron chi connectivity index (χ4n) is 3.26. The summed E-state index contributed by atoms with van der Waals surface area (Å²) in [5.74, 6) is -0.382. The predicted octanol–water partition coefficient (Wildman–Crippen LogP) is 3.63. The molecule has 1 amide bonds. The van der Waals surface area contributed by atoms with Crippen LogP contribution in [0.3, 0.4) is 0 Å². The number of hydrogen-bond donors (Lipinski definition) is 1. The lowest BCUT2D eigenvalue weighted by Gasteiger charge is -2.26. The number of morpholine rings is 1. The Morgan fingerprint density at radius 2 is 1.84 bits per heavy atom. The van der Waals surface area contributed by atoms with E-state index in [1.807, 2.05) is 30.3 Å². The number of halogens is 1. The third kappa shape index (κ3) is 4.95. The van der Waals surface area contributed by atoms with E-state index < -0.39 is 10.0 Å². The normalized spacial score (nSPS) is 14.9. The number of sulfonamides is 1. The number of hydrogen-bond acceptors (Lipinski definition) is 5. The summed E-state index contributed by atoms with van der Waals surface area (Å²) < 4.78 is 33.4. The molecule has 2 aromatic carbocycles. The number of carbonyl (C=O) groups excluding carboxylic acids is 1. The quantitative estimate of drug-likeness (QED) is 0.492. The van der Waals surface area contributed by atoms with Crippen molar-refractivity contribution in [2.75, 3.05) is 31.6 Å². The molecule has 160 valence electrons. The fraction of sp³-hybridized carbons (Fsp3) is 0.182. The van der Waals surface area contributed by atoms with E-state index in [1.54, 1.807) is 24.4 Å². The van der Waals surface area contributed by atoms with Gasteiger partial charge in [-0.2, -0.15) is 4.31 Å². The van der Waals surface area contributed by atoms with Crippen LogP contribution >= 0.6 is 22.6 Å². The number of benzene rings is 2. The molecule has 0 spiro atoms. The molecular weight excluding hydrogens is 529 g/mol. The average Bonchev–Trinajstić information content (AvgIpc) is 2.81. The van der Waals surface area contributed by atoms with Gasteiger partial charge in [0.05, 0.1) is 23.8 Å². The number of rotatable bonds is 5. The maximum absolute atomic E-state index is 12.9. The topological polar surface area (TPSA) is 88.6 Å². The van der Waals surface area contributed by atoms with E-state index in [0.29, 0.717) is 32.0 Å². The second-order valence-electron chi connectivity index (χ2n) is 6.91. The molecule has 1 N–H and O–H groups in total. The molecule has 0 radical (unpaired) electrons. The Labute approximate surface area is 194 Å². The third-order valence-corrected chi connectivity index (χ3v) is 7.70. The smallest absolute Gasteiger partial charge is 0.255 e. The zero-order valence-electron chi connectivity index (χ0n) is 16.5. The van der Waals surface area contributed by atoms with E-state index in [1.165, 1.54) is 16.4 Å². The average molecular weight is 549 g/mol. The lowest BCUT2D eigenvalue weighted by Crippen LogP contribution is -2.40. The summed E-state index contributed by atoms with van der Waals surface area (Å²) in [4.78, 5) is 17.3. The molecule has 3 aromatic rings. The molecule has 31 heavy (non-hydrogen) atoms. The number of nitrogens with zero attached hydrogens (tertiary/aromatic N) is 2. The van der Waals surface area contributed by atoms with E-state index in [9.17, 15) is 13.2 Å². The minimum absolute atomic E-state index is 0.0961. The molecule has 1 aromatic heterocycles. The Bertz CT molecular complexity index is 1200. The first-order valence-electron chi connectivity index (χ1n) is 9.65. The zero-order chi connectivity index (χ0) is 21.8. The van der Waals surface area contributed by atoms with Crippen molar-refractivity contribution in [1.29, 1.82) is 0 Å². The van der Waals surface area contributed by atoms with Crippen molar-refractivity contribution >= 4 is 44.2 Å². The molecule has 7 nitrogen and oxygen atoms in total. The van der Waals surface area contributed by atoms with Gasteiger partial charge in [-0.3, -0.25) is 9.78 Å². The maximum Gasteiger partial charge on any atom is 0.255 e. The number of nitrogens with one attached hydrogen (secondary N) is 1. The van der Waals surface area contributed by atoms with Gasteiger partial charge in [-0.1, -0.05) is 12.1 Å². The van der Waals surface area contributed by atoms with E-state index in [2.05, 4.69) is 32.9 Å². The molecule has 0 unspecified atom stereocenters. The summed E-state index contributed by atoms with van der Waals surface area (Å²) in [5.41, 5.74) is 2.59. The monoisotopic (exact) mass is 549 g/mol. The summed E-state index contributed by atoms with van der Waals surface area (Å²) in [6.07, 6.45) is 1.72. The van der Waals surface area contributed by atoms with Gasteiger partial charge in [0.15, 0.2) is 0 Å². The van der Waals surface area contributed by atoms with Crippen molar-refractivity contribution in [3.05, 3.63) is 76.0 Å². The van der Waals surface area contributed by atoms with Crippen LogP contribution in [0.5, 0.6) is 0 Å². The molecule has 9 heteroatoms. The van der Waals surface area contributed by atoms with Crippen LogP contribution in [-0.4, -0.2) is 49.9 Å². The molecule has 1 fully saturated rings. The predicted molar refractivity (Wildman–Crippen MR) is 126 cm³/mol. The SMILES string of the molecule is O=C(Nc1ccc(I)c(-c2ccccn2)c1)c1cccc(S(=O)(=O)N2CCOCC2)c1. The van der Waals surface area contributed by atoms with Crippen LogP contribution in [0.2, 0.25) is 0 Å². The molecule has 0 saturated carbocycles. The van der Waals surface area contributed by atoms with E-state index in [4.69, 9.17) is 4.74 Å². The number of aromatic nitrogens is 1. The minimum Gasteiger partial charge on any atom is -0.379 e. The van der Waals surface area contributed by atoms with Crippen molar-refractivity contribution in [2.24, 2.45) is 0 Å². The number of anilines is 1. The summed E-state index contributed by atoms with van der Waals surface area (Å²) in [7, 11) is -3.68. The zero-order valence-corrected chi connectivity index (χ0v) is 19.5. The van der Waals surface area contributed by atoms with Gasteiger partial charge >= 0.3 is 0 Å². The van der Waals surface area contributed by atoms with Crippen LogP contribution < -0.4 is 5.32 Å². The van der Waals surface area contributed by atoms with E-state index in [0.717, 1.165) is 14.8 Å². The Kier molecular flexibility index (Phi) is 6.65. The first-order valence-corrected chi connectivity index (χ1v) is 12.2. The molecule has 4 rings (SSSR count). The minimum atomic E-state index is -3.68. The van der Waals surface area contributed by atoms with Gasteiger partial charge in [0, 0.05) is 39.7 Å². The highest BCUT2D eigenvalue weighted by Crippen LogP contribution is 2.27. The van der Waals surface area contributed by atoms with Crippen molar-refractivity contribution in [1.82, 2.24) is 9.29 Å². The molecule has 0 aliphatic carbocycles. The first-order chi connectivity index (χ1) is 14.9. The van der Waals surface area contributed by atoms with Gasteiger partial charge in [0.2, 0.25) is 10.0 Å². The van der Waals surface area contributed by atoms with Gasteiger partial charge in [-0.05, 0) is 71.1 Å². The van der Waals surface area contributed by atoms with Crippen LogP contribution in [0.15, 0.2) is 71.8 Å². The van der Waals surface area contributed by atoms with Gasteiger partial charge in [0.1, 0.15) is 0 Å². The molecule has 2 heterocycles. The Balaban J connectivity index is 1.57. The maximum atomic E-state index is 12.9. The highest BCUT2D eigenvalue weighted by molar-refractivity contribution is 14.1. The van der Waals surface area contributed by atoms with Gasteiger partial charge in [-0.25, -0.2) is 8.42 Å². The standard InChI is InChI=1S/C22H20IN3O4S/c23-20-8-7-17(15-19(20)21-6-1-2-9-24-21)25-22(27)16-4-3-5-18(14-16)31(28,29)26-10-12-30-13-11-26/h1-9,14-15H,10-13H2,(H,25,27). The van der Waals surface area contributed by atoms with Crippen LogP contribution in [0.25, 0.3) is 11.3 Å². The lowest BCUT2D eigenvalue weighted by molar-refractivity contribution is 0.0730. The van der Waals surface area contributed by atoms with E-state index >= 15 is 0 Å². The highest BCUT2D eigenvalue weighted by Gasteiger charge is 2.26. The van der Waals surface area contributed by atoms with Crippen LogP contribution in [0, 0.1) is 3.57 Å². The van der Waals surface area contributed by atoms with Crippen molar-refractivity contribution in [2.45, 2.75) is 4.90 Å². The van der Waals surface area contributed by atoms with Gasteiger partial charge < -0.3 is 10.1 Å². The second kappa shape index (κ2) is 9.43. The fourth-order valence-corrected chi connectivity index (χ4v) is 5.32. The highest BCUT2D eigenvalue weighted by atomic mass is 127. The summed E-state index contributed by atoms with van der Waals surface area (Å²) in [5, 5.41) is 2.86. The van der Waals surface area contributed by atoms with Gasteiger partial charge in [0.25, 0.3) is 5.91 Å². The van der Waals surface area contributed by atoms with E-state index in [-0.39, 0.29) is 16.4 Å². The van der Waals surface area contributed by atoms with Crippen LogP contribution in [-0.2, 0) is 14.8 Å². The first kappa shape index (κ1) is 21.9. The Hall–Kier alpha value is -2.34. The lowest BCUT2D eigenvalue weighted by atomic mass is 10.1. The van der Waals surface area contributed by atoms with Crippen molar-refractivity contribution in [3.63, 3.8) is 0 Å². The van der Waals surface area contributed by atoms with Crippen LogP contribution in [0.1, 0.15) is 10.4 Å². The molecule has 1 aliphatic rings. The largest absolute Gasteiger partial charge is 0.379 e. The van der Waals surface area contributed by atoms with Crippen molar-refractivity contribution in [3.8, 4) is 11.3 Å². The molecule has 0 atom stereocenters.